The summed E-state index contributed by atoms with van der Waals surface area (Å²) in [6, 6.07) is 8.65. The fourth-order valence-electron chi connectivity index (χ4n) is 3.38. The minimum absolute atomic E-state index is 0.130. The molecule has 0 aromatic heterocycles. The quantitative estimate of drug-likeness (QED) is 0.467. The standard InChI is InChI=1S/C16H19NO4.C9H15NO3/c1-16(2,3)21-15(20)17-10-9-12(14(17)19)13(18)11-7-5-4-6-8-11;1-9(2,3)13-8(12)10-6-4-5-7(10)11/h4-8,12H,9-10H2,1-3H3;4-6H2,1-3H3. The number of amides is 4. The minimum Gasteiger partial charge on any atom is -0.443 e. The number of likely N-dealkylation sites (tertiary alicyclic amines) is 2. The van der Waals surface area contributed by atoms with Crippen LogP contribution < -0.4 is 0 Å². The van der Waals surface area contributed by atoms with Crippen molar-refractivity contribution in [3.63, 3.8) is 0 Å². The Bertz CT molecular complexity index is 929. The van der Waals surface area contributed by atoms with Gasteiger partial charge in [-0.3, -0.25) is 14.4 Å². The van der Waals surface area contributed by atoms with Crippen molar-refractivity contribution in [2.24, 2.45) is 5.92 Å². The van der Waals surface area contributed by atoms with Gasteiger partial charge in [0.15, 0.2) is 5.78 Å². The van der Waals surface area contributed by atoms with Gasteiger partial charge in [-0.25, -0.2) is 19.4 Å². The predicted molar refractivity (Wildman–Crippen MR) is 124 cm³/mol. The van der Waals surface area contributed by atoms with E-state index in [1.807, 2.05) is 0 Å². The van der Waals surface area contributed by atoms with Gasteiger partial charge < -0.3 is 9.47 Å². The average Bonchev–Trinajstić information content (AvgIpc) is 3.31. The maximum atomic E-state index is 12.3. The lowest BCUT2D eigenvalue weighted by Crippen LogP contribution is -2.39. The third-order valence-corrected chi connectivity index (χ3v) is 4.88. The molecule has 2 heterocycles. The number of carbonyl (C=O) groups is 5. The summed E-state index contributed by atoms with van der Waals surface area (Å²) < 4.78 is 10.2. The number of ketones is 1. The fraction of sp³-hybridized carbons (Fsp3) is 0.560. The molecule has 2 fully saturated rings. The van der Waals surface area contributed by atoms with Gasteiger partial charge in [-0.15, -0.1) is 0 Å². The normalized spacial score (nSPS) is 18.4. The second-order valence-corrected chi connectivity index (χ2v) is 10.2. The first-order valence-electron chi connectivity index (χ1n) is 11.4. The third kappa shape index (κ3) is 7.67. The van der Waals surface area contributed by atoms with E-state index in [0.29, 0.717) is 24.9 Å². The number of ether oxygens (including phenoxy) is 2. The van der Waals surface area contributed by atoms with Crippen LogP contribution in [0.2, 0.25) is 0 Å². The van der Waals surface area contributed by atoms with E-state index >= 15 is 0 Å². The Morgan fingerprint density at radius 1 is 0.824 bits per heavy atom. The summed E-state index contributed by atoms with van der Waals surface area (Å²) in [4.78, 5) is 61.2. The summed E-state index contributed by atoms with van der Waals surface area (Å²) >= 11 is 0. The smallest absolute Gasteiger partial charge is 0.417 e. The van der Waals surface area contributed by atoms with Gasteiger partial charge in [-0.05, 0) is 54.4 Å². The lowest BCUT2D eigenvalue weighted by Gasteiger charge is -2.23. The Balaban J connectivity index is 0.000000270. The van der Waals surface area contributed by atoms with E-state index in [0.717, 1.165) is 11.3 Å². The monoisotopic (exact) mass is 474 g/mol. The van der Waals surface area contributed by atoms with Crippen molar-refractivity contribution in [2.75, 3.05) is 13.1 Å². The second kappa shape index (κ2) is 10.8. The molecule has 34 heavy (non-hydrogen) atoms. The van der Waals surface area contributed by atoms with Gasteiger partial charge in [0, 0.05) is 25.1 Å². The predicted octanol–water partition coefficient (Wildman–Crippen LogP) is 4.20. The zero-order valence-electron chi connectivity index (χ0n) is 20.8. The van der Waals surface area contributed by atoms with Crippen molar-refractivity contribution in [3.05, 3.63) is 35.9 Å². The number of carbonyl (C=O) groups excluding carboxylic acids is 5. The first kappa shape index (κ1) is 27.0. The summed E-state index contributed by atoms with van der Waals surface area (Å²) in [7, 11) is 0. The molecule has 1 aromatic carbocycles. The van der Waals surface area contributed by atoms with Crippen LogP contribution in [0.4, 0.5) is 9.59 Å². The van der Waals surface area contributed by atoms with E-state index in [4.69, 9.17) is 9.47 Å². The molecule has 0 bridgehead atoms. The molecule has 4 amide bonds. The largest absolute Gasteiger partial charge is 0.443 e. The van der Waals surface area contributed by atoms with Gasteiger partial charge in [0.1, 0.15) is 17.1 Å². The molecule has 2 aliphatic rings. The van der Waals surface area contributed by atoms with Crippen molar-refractivity contribution >= 4 is 29.8 Å². The highest BCUT2D eigenvalue weighted by atomic mass is 16.6. The van der Waals surface area contributed by atoms with Crippen molar-refractivity contribution < 1.29 is 33.4 Å². The van der Waals surface area contributed by atoms with Crippen LogP contribution in [0.25, 0.3) is 0 Å². The van der Waals surface area contributed by atoms with Crippen molar-refractivity contribution in [1.82, 2.24) is 9.80 Å². The number of hydrogen-bond acceptors (Lipinski definition) is 7. The summed E-state index contributed by atoms with van der Waals surface area (Å²) in [5.74, 6) is -1.64. The molecule has 186 valence electrons. The number of hydrogen-bond donors (Lipinski definition) is 0. The van der Waals surface area contributed by atoms with Crippen LogP contribution in [-0.4, -0.2) is 63.9 Å². The Hall–Kier alpha value is -3.23. The lowest BCUT2D eigenvalue weighted by molar-refractivity contribution is -0.129. The van der Waals surface area contributed by atoms with E-state index in [2.05, 4.69) is 0 Å². The van der Waals surface area contributed by atoms with E-state index in [1.54, 1.807) is 71.9 Å². The molecule has 1 aromatic rings. The summed E-state index contributed by atoms with van der Waals surface area (Å²) in [6.45, 7) is 11.3. The highest BCUT2D eigenvalue weighted by Crippen LogP contribution is 2.24. The second-order valence-electron chi connectivity index (χ2n) is 10.2. The van der Waals surface area contributed by atoms with Crippen LogP contribution in [0.3, 0.4) is 0 Å². The molecule has 2 saturated heterocycles. The Morgan fingerprint density at radius 2 is 1.35 bits per heavy atom. The van der Waals surface area contributed by atoms with Crippen molar-refractivity contribution in [3.8, 4) is 0 Å². The topological polar surface area (TPSA) is 110 Å². The van der Waals surface area contributed by atoms with E-state index in [-0.39, 0.29) is 18.2 Å². The van der Waals surface area contributed by atoms with Crippen LogP contribution >= 0.6 is 0 Å². The molecular formula is C25H34N2O7. The molecule has 1 unspecified atom stereocenters. The van der Waals surface area contributed by atoms with Crippen LogP contribution in [-0.2, 0) is 19.1 Å². The third-order valence-electron chi connectivity index (χ3n) is 4.88. The molecule has 0 radical (unpaired) electrons. The molecule has 9 heteroatoms. The molecule has 0 spiro atoms. The van der Waals surface area contributed by atoms with Gasteiger partial charge in [0.2, 0.25) is 11.8 Å². The fourth-order valence-corrected chi connectivity index (χ4v) is 3.38. The molecule has 0 N–H and O–H groups in total. The summed E-state index contributed by atoms with van der Waals surface area (Å²) in [5.41, 5.74) is -0.708. The van der Waals surface area contributed by atoms with Crippen molar-refractivity contribution in [1.29, 1.82) is 0 Å². The Morgan fingerprint density at radius 3 is 1.82 bits per heavy atom. The van der Waals surface area contributed by atoms with Gasteiger partial charge in [-0.2, -0.15) is 0 Å². The lowest BCUT2D eigenvalue weighted by atomic mass is 9.96. The molecule has 2 aliphatic heterocycles. The highest BCUT2D eigenvalue weighted by molar-refractivity contribution is 6.13. The first-order chi connectivity index (χ1) is 15.7. The molecule has 1 atom stereocenters. The first-order valence-corrected chi connectivity index (χ1v) is 11.4. The minimum atomic E-state index is -0.792. The zero-order chi connectivity index (χ0) is 25.7. The number of rotatable bonds is 2. The molecule has 0 saturated carbocycles. The van der Waals surface area contributed by atoms with Crippen LogP contribution in [0.5, 0.6) is 0 Å². The van der Waals surface area contributed by atoms with E-state index < -0.39 is 35.2 Å². The van der Waals surface area contributed by atoms with Crippen molar-refractivity contribution in [2.45, 2.75) is 72.0 Å². The van der Waals surface area contributed by atoms with Crippen LogP contribution in [0, 0.1) is 5.92 Å². The van der Waals surface area contributed by atoms with Crippen LogP contribution in [0.1, 0.15) is 71.2 Å². The Labute approximate surface area is 200 Å². The maximum absolute atomic E-state index is 12.3. The molecule has 0 aliphatic carbocycles. The van der Waals surface area contributed by atoms with Gasteiger partial charge >= 0.3 is 12.2 Å². The Kier molecular flexibility index (Phi) is 8.58. The highest BCUT2D eigenvalue weighted by Gasteiger charge is 2.41. The van der Waals surface area contributed by atoms with Gasteiger partial charge in [0.05, 0.1) is 0 Å². The number of benzene rings is 1. The molecule has 9 nitrogen and oxygen atoms in total. The molecule has 3 rings (SSSR count). The van der Waals surface area contributed by atoms with E-state index in [1.165, 1.54) is 4.90 Å². The number of imide groups is 2. The molecular weight excluding hydrogens is 440 g/mol. The zero-order valence-corrected chi connectivity index (χ0v) is 20.8. The van der Waals surface area contributed by atoms with Crippen LogP contribution in [0.15, 0.2) is 30.3 Å². The maximum Gasteiger partial charge on any atom is 0.417 e. The van der Waals surface area contributed by atoms with Gasteiger partial charge in [-0.1, -0.05) is 30.3 Å². The number of Topliss-reactive ketones (excluding diaryl/α,β-unsaturated/α-hetero) is 1. The summed E-state index contributed by atoms with van der Waals surface area (Å²) in [5, 5.41) is 0. The summed E-state index contributed by atoms with van der Waals surface area (Å²) in [6.07, 6.45) is 0.342. The SMILES string of the molecule is CC(C)(C)OC(=O)N1CCC(C(=O)c2ccccc2)C1=O.CC(C)(C)OC(=O)N1CCCC1=O. The van der Waals surface area contributed by atoms with E-state index in [9.17, 15) is 24.0 Å². The van der Waals surface area contributed by atoms with Gasteiger partial charge in [0.25, 0.3) is 0 Å². The number of nitrogens with zero attached hydrogens (tertiary/aromatic N) is 2. The average molecular weight is 475 g/mol.